The van der Waals surface area contributed by atoms with Gasteiger partial charge in [0.25, 0.3) is 5.91 Å². The van der Waals surface area contributed by atoms with Crippen molar-refractivity contribution in [3.8, 4) is 0 Å². The Morgan fingerprint density at radius 1 is 1.44 bits per heavy atom. The lowest BCUT2D eigenvalue weighted by atomic mass is 10.1. The number of alkyl halides is 3. The summed E-state index contributed by atoms with van der Waals surface area (Å²) in [5.74, 6) is 0.192. The monoisotopic (exact) mass is 412 g/mol. The predicted molar refractivity (Wildman–Crippen MR) is 97.0 cm³/mol. The molecular weight excluding hydrogens is 396 g/mol. The Balaban J connectivity index is 0.00000225. The molecule has 1 fully saturated rings. The first-order valence-electron chi connectivity index (χ1n) is 7.54. The molecule has 0 aliphatic carbocycles. The van der Waals surface area contributed by atoms with E-state index in [0.717, 1.165) is 36.4 Å². The molecule has 1 aromatic carbocycles. The molecule has 25 heavy (non-hydrogen) atoms. The number of carbonyl (C=O) groups excluding carboxylic acids is 1. The number of hydrogen-bond acceptors (Lipinski definition) is 3. The van der Waals surface area contributed by atoms with Crippen LogP contribution in [0.25, 0.3) is 10.1 Å². The van der Waals surface area contributed by atoms with Crippen molar-refractivity contribution in [2.24, 2.45) is 5.92 Å². The van der Waals surface area contributed by atoms with Crippen LogP contribution in [0.3, 0.4) is 0 Å². The molecule has 1 aromatic heterocycles. The average Bonchev–Trinajstić information content (AvgIpc) is 3.11. The number of nitrogens with zero attached hydrogens (tertiary/aromatic N) is 1. The van der Waals surface area contributed by atoms with Gasteiger partial charge in [-0.2, -0.15) is 13.2 Å². The fourth-order valence-electron chi connectivity index (χ4n) is 3.00. The predicted octanol–water partition coefficient (Wildman–Crippen LogP) is 4.68. The van der Waals surface area contributed by atoms with Crippen molar-refractivity contribution in [1.29, 1.82) is 0 Å². The zero-order valence-electron chi connectivity index (χ0n) is 13.3. The van der Waals surface area contributed by atoms with E-state index in [1.165, 1.54) is 6.07 Å². The maximum Gasteiger partial charge on any atom is 0.416 e. The van der Waals surface area contributed by atoms with Crippen LogP contribution < -0.4 is 5.32 Å². The maximum absolute atomic E-state index is 12.8. The van der Waals surface area contributed by atoms with Gasteiger partial charge in [-0.05, 0) is 38.1 Å². The first-order valence-corrected chi connectivity index (χ1v) is 8.74. The van der Waals surface area contributed by atoms with Crippen LogP contribution in [0.4, 0.5) is 13.2 Å². The second-order valence-electron chi connectivity index (χ2n) is 5.92. The molecule has 138 valence electrons. The van der Waals surface area contributed by atoms with Crippen LogP contribution in [0.2, 0.25) is 5.02 Å². The average molecular weight is 413 g/mol. The SMILES string of the molecule is CNCC1CCN(C(=O)c2sc3cc(C(F)(F)F)ccc3c2Cl)C1.Cl. The van der Waals surface area contributed by atoms with Gasteiger partial charge in [0.2, 0.25) is 0 Å². The third kappa shape index (κ3) is 4.05. The van der Waals surface area contributed by atoms with Crippen molar-refractivity contribution in [3.63, 3.8) is 0 Å². The van der Waals surface area contributed by atoms with Gasteiger partial charge in [-0.15, -0.1) is 23.7 Å². The molecule has 1 unspecified atom stereocenters. The van der Waals surface area contributed by atoms with E-state index >= 15 is 0 Å². The molecule has 0 radical (unpaired) electrons. The molecule has 3 rings (SSSR count). The standard InChI is InChI=1S/C16H16ClF3N2OS.ClH/c1-21-7-9-4-5-22(8-9)15(23)14-13(17)11-3-2-10(16(18,19)20)6-12(11)24-14;/h2-3,6,9,21H,4-5,7-8H2,1H3;1H. The van der Waals surface area contributed by atoms with E-state index in [0.29, 0.717) is 34.0 Å². The normalized spacial score (nSPS) is 17.8. The van der Waals surface area contributed by atoms with Crippen molar-refractivity contribution < 1.29 is 18.0 Å². The number of likely N-dealkylation sites (tertiary alicyclic amines) is 1. The molecule has 0 saturated carbocycles. The molecule has 1 aliphatic heterocycles. The van der Waals surface area contributed by atoms with E-state index in [1.54, 1.807) is 4.90 Å². The third-order valence-corrected chi connectivity index (χ3v) is 5.86. The lowest BCUT2D eigenvalue weighted by molar-refractivity contribution is -0.137. The minimum atomic E-state index is -4.41. The third-order valence-electron chi connectivity index (χ3n) is 4.22. The number of hydrogen-bond donors (Lipinski definition) is 1. The molecule has 1 amide bonds. The number of thiophene rings is 1. The summed E-state index contributed by atoms with van der Waals surface area (Å²) in [4.78, 5) is 14.7. The molecule has 9 heteroatoms. The van der Waals surface area contributed by atoms with Crippen LogP contribution in [0.15, 0.2) is 18.2 Å². The van der Waals surface area contributed by atoms with Crippen LogP contribution in [-0.2, 0) is 6.18 Å². The Bertz CT molecular complexity index is 779. The Labute approximate surface area is 158 Å². The first kappa shape index (κ1) is 20.3. The number of nitrogens with one attached hydrogen (secondary N) is 1. The highest BCUT2D eigenvalue weighted by Crippen LogP contribution is 2.40. The van der Waals surface area contributed by atoms with Gasteiger partial charge < -0.3 is 10.2 Å². The Hall–Kier alpha value is -1.02. The number of benzene rings is 1. The van der Waals surface area contributed by atoms with Gasteiger partial charge in [-0.25, -0.2) is 0 Å². The quantitative estimate of drug-likeness (QED) is 0.793. The zero-order chi connectivity index (χ0) is 17.5. The highest BCUT2D eigenvalue weighted by molar-refractivity contribution is 7.21. The molecule has 1 aliphatic rings. The molecule has 3 nitrogen and oxygen atoms in total. The molecule has 2 aromatic rings. The van der Waals surface area contributed by atoms with Crippen LogP contribution in [0, 0.1) is 5.92 Å². The number of rotatable bonds is 3. The lowest BCUT2D eigenvalue weighted by Gasteiger charge is -2.15. The smallest absolute Gasteiger partial charge is 0.338 e. The fourth-order valence-corrected chi connectivity index (χ4v) is 4.51. The molecule has 2 heterocycles. The summed E-state index contributed by atoms with van der Waals surface area (Å²) in [5, 5.41) is 3.83. The van der Waals surface area contributed by atoms with Crippen molar-refractivity contribution in [1.82, 2.24) is 10.2 Å². The zero-order valence-corrected chi connectivity index (χ0v) is 15.7. The lowest BCUT2D eigenvalue weighted by Crippen LogP contribution is -2.29. The number of amides is 1. The minimum absolute atomic E-state index is 0. The summed E-state index contributed by atoms with van der Waals surface area (Å²) in [7, 11) is 1.87. The molecule has 0 spiro atoms. The van der Waals surface area contributed by atoms with E-state index < -0.39 is 11.7 Å². The van der Waals surface area contributed by atoms with Gasteiger partial charge in [0.05, 0.1) is 10.6 Å². The van der Waals surface area contributed by atoms with Gasteiger partial charge in [0.1, 0.15) is 4.88 Å². The highest BCUT2D eigenvalue weighted by atomic mass is 35.5. The molecule has 1 atom stereocenters. The summed E-state index contributed by atoms with van der Waals surface area (Å²) in [6, 6.07) is 3.38. The number of carbonyl (C=O) groups is 1. The van der Waals surface area contributed by atoms with E-state index in [-0.39, 0.29) is 23.3 Å². The molecule has 1 saturated heterocycles. The second-order valence-corrected chi connectivity index (χ2v) is 7.35. The fraction of sp³-hybridized carbons (Fsp3) is 0.438. The van der Waals surface area contributed by atoms with Gasteiger partial charge >= 0.3 is 6.18 Å². The van der Waals surface area contributed by atoms with Gasteiger partial charge in [-0.1, -0.05) is 17.7 Å². The number of halogens is 5. The van der Waals surface area contributed by atoms with Gasteiger partial charge in [0.15, 0.2) is 0 Å². The second kappa shape index (κ2) is 7.70. The van der Waals surface area contributed by atoms with Crippen molar-refractivity contribution >= 4 is 51.3 Å². The van der Waals surface area contributed by atoms with E-state index in [4.69, 9.17) is 11.6 Å². The largest absolute Gasteiger partial charge is 0.416 e. The van der Waals surface area contributed by atoms with Crippen molar-refractivity contribution in [2.75, 3.05) is 26.7 Å². The topological polar surface area (TPSA) is 32.3 Å². The molecule has 1 N–H and O–H groups in total. The molecule has 0 bridgehead atoms. The Morgan fingerprint density at radius 3 is 2.80 bits per heavy atom. The van der Waals surface area contributed by atoms with Gasteiger partial charge in [0, 0.05) is 23.2 Å². The van der Waals surface area contributed by atoms with Crippen LogP contribution in [-0.4, -0.2) is 37.5 Å². The van der Waals surface area contributed by atoms with Crippen molar-refractivity contribution in [3.05, 3.63) is 33.7 Å². The summed E-state index contributed by atoms with van der Waals surface area (Å²) < 4.78 is 38.9. The van der Waals surface area contributed by atoms with E-state index in [9.17, 15) is 18.0 Å². The maximum atomic E-state index is 12.8. The summed E-state index contributed by atoms with van der Waals surface area (Å²) in [5.41, 5.74) is -0.734. The van der Waals surface area contributed by atoms with Crippen LogP contribution in [0.1, 0.15) is 21.7 Å². The number of fused-ring (bicyclic) bond motifs is 1. The minimum Gasteiger partial charge on any atom is -0.338 e. The van der Waals surface area contributed by atoms with Crippen LogP contribution in [0.5, 0.6) is 0 Å². The Morgan fingerprint density at radius 2 is 2.16 bits per heavy atom. The van der Waals surface area contributed by atoms with Crippen LogP contribution >= 0.6 is 35.3 Å². The van der Waals surface area contributed by atoms with Crippen molar-refractivity contribution in [2.45, 2.75) is 12.6 Å². The first-order chi connectivity index (χ1) is 11.3. The molecular formula is C16H17Cl2F3N2OS. The van der Waals surface area contributed by atoms with Gasteiger partial charge in [-0.3, -0.25) is 4.79 Å². The summed E-state index contributed by atoms with van der Waals surface area (Å²) in [6.45, 7) is 2.11. The summed E-state index contributed by atoms with van der Waals surface area (Å²) >= 11 is 7.29. The van der Waals surface area contributed by atoms with E-state index in [2.05, 4.69) is 5.32 Å². The summed E-state index contributed by atoms with van der Waals surface area (Å²) in [6.07, 6.45) is -3.50. The Kier molecular flexibility index (Phi) is 6.25. The van der Waals surface area contributed by atoms with E-state index in [1.807, 2.05) is 7.05 Å². The highest BCUT2D eigenvalue weighted by Gasteiger charge is 2.32.